The van der Waals surface area contributed by atoms with Crippen LogP contribution in [-0.2, 0) is 17.6 Å². The number of nitrogens with one attached hydrogen (secondary N) is 2. The number of aliphatic hydroxyl groups excluding tert-OH is 4. The van der Waals surface area contributed by atoms with Crippen LogP contribution in [0.5, 0.6) is 11.5 Å². The summed E-state index contributed by atoms with van der Waals surface area (Å²) >= 11 is 0. The molecule has 10 nitrogen and oxygen atoms in total. The van der Waals surface area contributed by atoms with Crippen molar-refractivity contribution >= 4 is 21.6 Å². The molecule has 59 heavy (non-hydrogen) atoms. The van der Waals surface area contributed by atoms with E-state index in [1.807, 2.05) is 24.4 Å². The number of aromatic amines is 1. The third-order valence-electron chi connectivity index (χ3n) is 13.5. The SMILES string of the molecule is CC[C@@H]1C#C[C@H]2C=C3[C@H](CC)Cc4cc(O)c(O[C@H]5C[C@@H](Cc6ccc[nH]6)C6=CCNC(N)=C6CSSC[C@H](CO)[C@@H]5O)cc4[C@@H]3C[C@@H](O)[C@H]2[C@@H](OCCO)CCCC1. The number of benzene rings is 1. The van der Waals surface area contributed by atoms with Crippen molar-refractivity contribution in [2.45, 2.75) is 108 Å². The van der Waals surface area contributed by atoms with Gasteiger partial charge in [0.2, 0.25) is 0 Å². The Hall–Kier alpha value is -3.02. The number of nitrogens with two attached hydrogens (primary N) is 1. The third kappa shape index (κ3) is 10.2. The lowest BCUT2D eigenvalue weighted by Crippen LogP contribution is -2.42. The van der Waals surface area contributed by atoms with Gasteiger partial charge in [-0.05, 0) is 104 Å². The Balaban J connectivity index is 1.27. The molecule has 2 aliphatic heterocycles. The number of allylic oxidation sites excluding steroid dienone is 3. The fraction of sp³-hybridized carbons (Fsp3) is 0.617. The topological polar surface area (TPSA) is 173 Å². The van der Waals surface area contributed by atoms with Crippen molar-refractivity contribution in [1.82, 2.24) is 10.3 Å². The number of aromatic nitrogens is 1. The zero-order valence-corrected chi connectivity index (χ0v) is 36.3. The number of dihydropyridines is 1. The third-order valence-corrected chi connectivity index (χ3v) is 15.9. The summed E-state index contributed by atoms with van der Waals surface area (Å²) < 4.78 is 13.2. The minimum atomic E-state index is -1.02. The lowest BCUT2D eigenvalue weighted by atomic mass is 9.70. The second kappa shape index (κ2) is 20.7. The van der Waals surface area contributed by atoms with Gasteiger partial charge in [-0.3, -0.25) is 0 Å². The molecular formula is C47H65N3O7S2. The highest BCUT2D eigenvalue weighted by Gasteiger charge is 2.43. The van der Waals surface area contributed by atoms with E-state index in [0.717, 1.165) is 72.9 Å². The molecule has 0 spiro atoms. The fourth-order valence-corrected chi connectivity index (χ4v) is 12.8. The number of aromatic hydroxyl groups is 1. The number of hydrogen-bond donors (Lipinski definition) is 8. The number of aliphatic hydroxyl groups is 4. The van der Waals surface area contributed by atoms with E-state index < -0.39 is 24.2 Å². The monoisotopic (exact) mass is 847 g/mol. The van der Waals surface area contributed by atoms with Gasteiger partial charge >= 0.3 is 0 Å². The Morgan fingerprint density at radius 1 is 1.00 bits per heavy atom. The van der Waals surface area contributed by atoms with Crippen molar-refractivity contribution in [2.24, 2.45) is 41.2 Å². The predicted octanol–water partition coefficient (Wildman–Crippen LogP) is 6.35. The van der Waals surface area contributed by atoms with Crippen molar-refractivity contribution in [3.63, 3.8) is 0 Å². The first kappa shape index (κ1) is 44.0. The number of phenols is 1. The van der Waals surface area contributed by atoms with Gasteiger partial charge in [-0.25, -0.2) is 0 Å². The summed E-state index contributed by atoms with van der Waals surface area (Å²) in [6.07, 6.45) is 11.8. The van der Waals surface area contributed by atoms with Crippen LogP contribution < -0.4 is 15.8 Å². The molecule has 1 fully saturated rings. The number of fused-ring (bicyclic) bond motifs is 5. The number of hydrogen-bond acceptors (Lipinski definition) is 11. The molecule has 0 saturated carbocycles. The molecule has 322 valence electrons. The van der Waals surface area contributed by atoms with Gasteiger partial charge in [-0.1, -0.05) is 77.8 Å². The summed E-state index contributed by atoms with van der Waals surface area (Å²) in [5.41, 5.74) is 13.2. The van der Waals surface area contributed by atoms with Gasteiger partial charge in [-0.15, -0.1) is 0 Å². The maximum atomic E-state index is 12.3. The van der Waals surface area contributed by atoms with Gasteiger partial charge in [0.1, 0.15) is 11.9 Å². The summed E-state index contributed by atoms with van der Waals surface area (Å²) in [5.74, 6) is 8.85. The van der Waals surface area contributed by atoms with Crippen LogP contribution in [0.1, 0.15) is 88.0 Å². The maximum Gasteiger partial charge on any atom is 0.161 e. The van der Waals surface area contributed by atoms with E-state index in [-0.39, 0.29) is 67.0 Å². The smallest absolute Gasteiger partial charge is 0.161 e. The maximum absolute atomic E-state index is 12.3. The molecule has 3 aliphatic carbocycles. The van der Waals surface area contributed by atoms with Crippen LogP contribution in [-0.4, -0.2) is 92.8 Å². The van der Waals surface area contributed by atoms with Crippen LogP contribution in [0.25, 0.3) is 0 Å². The molecule has 0 radical (unpaired) electrons. The average Bonchev–Trinajstić information content (AvgIpc) is 3.69. The van der Waals surface area contributed by atoms with Gasteiger partial charge in [0.25, 0.3) is 0 Å². The van der Waals surface area contributed by atoms with Gasteiger partial charge in [0, 0.05) is 71.7 Å². The lowest BCUT2D eigenvalue weighted by molar-refractivity contribution is -0.0603. The van der Waals surface area contributed by atoms with E-state index in [1.54, 1.807) is 21.6 Å². The van der Waals surface area contributed by atoms with Crippen LogP contribution in [0.4, 0.5) is 0 Å². The average molecular weight is 848 g/mol. The van der Waals surface area contributed by atoms with Crippen LogP contribution in [0, 0.1) is 47.3 Å². The Morgan fingerprint density at radius 2 is 1.85 bits per heavy atom. The van der Waals surface area contributed by atoms with E-state index in [2.05, 4.69) is 54.2 Å². The highest BCUT2D eigenvalue weighted by molar-refractivity contribution is 8.76. The number of ether oxygens (including phenoxy) is 2. The Bertz CT molecular complexity index is 1870. The summed E-state index contributed by atoms with van der Waals surface area (Å²) in [5, 5.41) is 59.9. The molecule has 12 heteroatoms. The van der Waals surface area contributed by atoms with Crippen molar-refractivity contribution < 1.29 is 35.0 Å². The van der Waals surface area contributed by atoms with Gasteiger partial charge < -0.3 is 51.0 Å². The van der Waals surface area contributed by atoms with E-state index in [4.69, 9.17) is 15.2 Å². The normalized spacial score (nSPS) is 32.8. The standard InChI is InChI=1S/C47H65N3O7S2/c1-3-28-8-5-6-10-42(56-17-16-51)45-30(12-11-28)20-36-29(4-2)18-31-21-40(53)43(24-37(31)38(36)23-41(45)54)57-44-22-32(19-34-9-7-14-49-34)35-13-15-50-47(48)39(35)27-59-58-26-33(25-52)46(44)55/h7,9,13-14,20-21,24,28-30,32-33,38,41-42,44-46,49-55H,3-6,8,10,15-19,22-23,25-27,48H2,1-2H3/t28-,29+,30-,32+,33-,38+,41+,42-,44-,45-,46-/m0/s1. The second-order valence-electron chi connectivity index (χ2n) is 17.2. The van der Waals surface area contributed by atoms with Crippen molar-refractivity contribution in [2.75, 3.05) is 37.9 Å². The zero-order chi connectivity index (χ0) is 41.5. The highest BCUT2D eigenvalue weighted by Crippen LogP contribution is 2.51. The molecule has 1 aromatic heterocycles. The first-order chi connectivity index (χ1) is 28.7. The number of phenolic OH excluding ortho intramolecular Hbond substituents is 1. The Morgan fingerprint density at radius 3 is 2.61 bits per heavy atom. The predicted molar refractivity (Wildman–Crippen MR) is 237 cm³/mol. The molecule has 1 saturated heterocycles. The number of H-pyrrole nitrogens is 1. The summed E-state index contributed by atoms with van der Waals surface area (Å²) in [6.45, 7) is 4.95. The molecule has 5 aliphatic rings. The van der Waals surface area contributed by atoms with Crippen LogP contribution >= 0.6 is 21.6 Å². The molecule has 9 N–H and O–H groups in total. The van der Waals surface area contributed by atoms with Crippen molar-refractivity contribution in [1.29, 1.82) is 0 Å². The van der Waals surface area contributed by atoms with Crippen LogP contribution in [0.15, 0.2) is 65.2 Å². The fourth-order valence-electron chi connectivity index (χ4n) is 10.3. The first-order valence-corrected chi connectivity index (χ1v) is 24.5. The molecule has 1 aromatic carbocycles. The van der Waals surface area contributed by atoms with Crippen LogP contribution in [0.2, 0.25) is 0 Å². The summed E-state index contributed by atoms with van der Waals surface area (Å²) in [7, 11) is 3.28. The molecule has 2 aromatic rings. The lowest BCUT2D eigenvalue weighted by Gasteiger charge is -2.37. The van der Waals surface area contributed by atoms with E-state index >= 15 is 0 Å². The molecule has 0 unspecified atom stereocenters. The quantitative estimate of drug-likeness (QED) is 0.0761. The Kier molecular flexibility index (Phi) is 15.5. The largest absolute Gasteiger partial charge is 0.504 e. The molecule has 3 heterocycles. The molecular weight excluding hydrogens is 783 g/mol. The van der Waals surface area contributed by atoms with E-state index in [0.29, 0.717) is 49.1 Å². The van der Waals surface area contributed by atoms with Gasteiger partial charge in [0.15, 0.2) is 11.5 Å². The molecule has 7 rings (SSSR count). The number of rotatable bonds is 10. The first-order valence-electron chi connectivity index (χ1n) is 22.0. The van der Waals surface area contributed by atoms with Crippen LogP contribution in [0.3, 0.4) is 0 Å². The molecule has 11 atom stereocenters. The van der Waals surface area contributed by atoms with Crippen molar-refractivity contribution in [3.8, 4) is 23.3 Å². The summed E-state index contributed by atoms with van der Waals surface area (Å²) in [6, 6.07) is 7.83. The van der Waals surface area contributed by atoms with Crippen molar-refractivity contribution in [3.05, 3.63) is 82.0 Å². The Labute approximate surface area is 358 Å². The minimum absolute atomic E-state index is 0.0158. The summed E-state index contributed by atoms with van der Waals surface area (Å²) in [4.78, 5) is 3.36. The molecule has 0 bridgehead atoms. The highest BCUT2D eigenvalue weighted by atomic mass is 33.1. The zero-order valence-electron chi connectivity index (χ0n) is 34.7. The van der Waals surface area contributed by atoms with Gasteiger partial charge in [0.05, 0.1) is 31.5 Å². The second-order valence-corrected chi connectivity index (χ2v) is 19.7. The van der Waals surface area contributed by atoms with Gasteiger partial charge in [-0.2, -0.15) is 0 Å². The van der Waals surface area contributed by atoms with E-state index in [9.17, 15) is 25.5 Å². The van der Waals surface area contributed by atoms with E-state index in [1.165, 1.54) is 5.57 Å². The molecule has 0 amide bonds. The minimum Gasteiger partial charge on any atom is -0.504 e.